The van der Waals surface area contributed by atoms with Crippen LogP contribution in [0.15, 0.2) is 41.9 Å². The van der Waals surface area contributed by atoms with Crippen molar-refractivity contribution in [1.29, 1.82) is 0 Å². The van der Waals surface area contributed by atoms with Crippen molar-refractivity contribution in [3.63, 3.8) is 0 Å². The van der Waals surface area contributed by atoms with Crippen LogP contribution in [0.4, 0.5) is 0 Å². The molecule has 0 aliphatic carbocycles. The van der Waals surface area contributed by atoms with Crippen molar-refractivity contribution in [1.82, 2.24) is 19.8 Å². The van der Waals surface area contributed by atoms with Crippen molar-refractivity contribution in [2.24, 2.45) is 0 Å². The molecule has 0 N–H and O–H groups in total. The van der Waals surface area contributed by atoms with E-state index in [0.29, 0.717) is 11.7 Å². The van der Waals surface area contributed by atoms with Gasteiger partial charge in [0, 0.05) is 43.1 Å². The molecule has 1 atom stereocenters. The summed E-state index contributed by atoms with van der Waals surface area (Å²) in [5.41, 5.74) is 2.52. The molecule has 1 amide bonds. The second-order valence-electron chi connectivity index (χ2n) is 6.72. The van der Waals surface area contributed by atoms with Crippen molar-refractivity contribution in [3.05, 3.63) is 58.2 Å². The summed E-state index contributed by atoms with van der Waals surface area (Å²) in [6.45, 7) is 7.39. The summed E-state index contributed by atoms with van der Waals surface area (Å²) >= 11 is 1.69. The average Bonchev–Trinajstić information content (AvgIpc) is 3.22. The lowest BCUT2D eigenvalue weighted by atomic mass is 10.1. The number of thiazole rings is 1. The van der Waals surface area contributed by atoms with Gasteiger partial charge in [-0.05, 0) is 31.5 Å². The summed E-state index contributed by atoms with van der Waals surface area (Å²) in [6, 6.07) is 10.2. The van der Waals surface area contributed by atoms with E-state index in [1.807, 2.05) is 53.7 Å². The van der Waals surface area contributed by atoms with Crippen LogP contribution in [0.3, 0.4) is 0 Å². The van der Waals surface area contributed by atoms with Gasteiger partial charge in [-0.2, -0.15) is 0 Å². The second-order valence-corrected chi connectivity index (χ2v) is 7.64. The SMILES string of the molecule is Cc1cc(C(=O)N2CCN(C(C)c3nccs3)CC2)nc2ccccc12. The molecule has 0 spiro atoms. The predicted molar refractivity (Wildman–Crippen MR) is 104 cm³/mol. The fourth-order valence-electron chi connectivity index (χ4n) is 3.53. The van der Waals surface area contributed by atoms with E-state index in [4.69, 9.17) is 0 Å². The number of piperazine rings is 1. The lowest BCUT2D eigenvalue weighted by Gasteiger charge is -2.37. The van der Waals surface area contributed by atoms with Gasteiger partial charge in [0.2, 0.25) is 0 Å². The van der Waals surface area contributed by atoms with Crippen LogP contribution in [0.2, 0.25) is 0 Å². The maximum Gasteiger partial charge on any atom is 0.272 e. The minimum absolute atomic E-state index is 0.0282. The second kappa shape index (κ2) is 7.13. The van der Waals surface area contributed by atoms with Crippen LogP contribution in [0.1, 0.15) is 34.0 Å². The molecule has 1 aromatic carbocycles. The molecule has 134 valence electrons. The van der Waals surface area contributed by atoms with Crippen LogP contribution in [-0.2, 0) is 0 Å². The number of para-hydroxylation sites is 1. The Hall–Kier alpha value is -2.31. The maximum absolute atomic E-state index is 12.9. The molecule has 0 bridgehead atoms. The van der Waals surface area contributed by atoms with Gasteiger partial charge < -0.3 is 4.90 Å². The first-order chi connectivity index (χ1) is 12.6. The van der Waals surface area contributed by atoms with Gasteiger partial charge in [-0.15, -0.1) is 11.3 Å². The van der Waals surface area contributed by atoms with E-state index in [0.717, 1.165) is 47.7 Å². The maximum atomic E-state index is 12.9. The quantitative estimate of drug-likeness (QED) is 0.712. The summed E-state index contributed by atoms with van der Waals surface area (Å²) in [4.78, 5) is 26.3. The number of hydrogen-bond acceptors (Lipinski definition) is 5. The molecule has 1 fully saturated rings. The molecular weight excluding hydrogens is 344 g/mol. The van der Waals surface area contributed by atoms with Crippen molar-refractivity contribution in [2.45, 2.75) is 19.9 Å². The van der Waals surface area contributed by atoms with Gasteiger partial charge in [0.15, 0.2) is 0 Å². The number of benzene rings is 1. The number of aromatic nitrogens is 2. The lowest BCUT2D eigenvalue weighted by molar-refractivity contribution is 0.0577. The van der Waals surface area contributed by atoms with Gasteiger partial charge in [0.05, 0.1) is 11.6 Å². The summed E-state index contributed by atoms with van der Waals surface area (Å²) in [7, 11) is 0. The first kappa shape index (κ1) is 17.1. The third-order valence-corrected chi connectivity index (χ3v) is 6.05. The Bertz CT molecular complexity index is 917. The molecule has 4 rings (SSSR count). The minimum atomic E-state index is 0.0282. The third kappa shape index (κ3) is 3.22. The number of rotatable bonds is 3. The molecule has 5 nitrogen and oxygen atoms in total. The number of pyridine rings is 1. The third-order valence-electron chi connectivity index (χ3n) is 5.10. The van der Waals surface area contributed by atoms with Crippen LogP contribution < -0.4 is 0 Å². The highest BCUT2D eigenvalue weighted by molar-refractivity contribution is 7.09. The van der Waals surface area contributed by atoms with E-state index in [1.165, 1.54) is 0 Å². The van der Waals surface area contributed by atoms with Gasteiger partial charge in [0.25, 0.3) is 5.91 Å². The Morgan fingerprint density at radius 1 is 1.19 bits per heavy atom. The Balaban J connectivity index is 1.47. The van der Waals surface area contributed by atoms with E-state index in [9.17, 15) is 4.79 Å². The number of amides is 1. The Kier molecular flexibility index (Phi) is 4.70. The van der Waals surface area contributed by atoms with Crippen LogP contribution in [0, 0.1) is 6.92 Å². The molecule has 6 heteroatoms. The summed E-state index contributed by atoms with van der Waals surface area (Å²) < 4.78 is 0. The Morgan fingerprint density at radius 3 is 2.69 bits per heavy atom. The molecule has 0 radical (unpaired) electrons. The number of aryl methyl sites for hydroxylation is 1. The Morgan fingerprint density at radius 2 is 1.96 bits per heavy atom. The van der Waals surface area contributed by atoms with Crippen molar-refractivity contribution in [3.8, 4) is 0 Å². The predicted octanol–water partition coefficient (Wildman–Crippen LogP) is 3.52. The monoisotopic (exact) mass is 366 g/mol. The summed E-state index contributed by atoms with van der Waals surface area (Å²) in [5.74, 6) is 0.0282. The zero-order chi connectivity index (χ0) is 18.1. The standard InChI is InChI=1S/C20H22N4OS/c1-14-13-18(22-17-6-4-3-5-16(14)17)20(25)24-10-8-23(9-11-24)15(2)19-21-7-12-26-19/h3-7,12-13,15H,8-11H2,1-2H3. The number of carbonyl (C=O) groups excluding carboxylic acids is 1. The molecule has 1 unspecified atom stereocenters. The first-order valence-electron chi connectivity index (χ1n) is 8.92. The fraction of sp³-hybridized carbons (Fsp3) is 0.350. The van der Waals surface area contributed by atoms with Gasteiger partial charge in [0.1, 0.15) is 10.7 Å². The molecule has 1 aliphatic rings. The summed E-state index contributed by atoms with van der Waals surface area (Å²) in [5, 5.41) is 4.25. The van der Waals surface area contributed by atoms with Crippen LogP contribution in [-0.4, -0.2) is 51.9 Å². The number of hydrogen-bond donors (Lipinski definition) is 0. The molecule has 2 aromatic heterocycles. The minimum Gasteiger partial charge on any atom is -0.335 e. The topological polar surface area (TPSA) is 49.3 Å². The number of carbonyl (C=O) groups is 1. The van der Waals surface area contributed by atoms with E-state index in [-0.39, 0.29) is 5.91 Å². The van der Waals surface area contributed by atoms with Gasteiger partial charge in [-0.3, -0.25) is 9.69 Å². The first-order valence-corrected chi connectivity index (χ1v) is 9.80. The van der Waals surface area contributed by atoms with Crippen molar-refractivity contribution >= 4 is 28.1 Å². The largest absolute Gasteiger partial charge is 0.335 e. The highest BCUT2D eigenvalue weighted by Crippen LogP contribution is 2.24. The van der Waals surface area contributed by atoms with E-state index < -0.39 is 0 Å². The number of nitrogens with zero attached hydrogens (tertiary/aromatic N) is 4. The molecule has 3 aromatic rings. The van der Waals surface area contributed by atoms with E-state index >= 15 is 0 Å². The highest BCUT2D eigenvalue weighted by atomic mass is 32.1. The van der Waals surface area contributed by atoms with Crippen molar-refractivity contribution in [2.75, 3.05) is 26.2 Å². The molecule has 0 saturated carbocycles. The van der Waals surface area contributed by atoms with Gasteiger partial charge >= 0.3 is 0 Å². The fourth-order valence-corrected chi connectivity index (χ4v) is 4.26. The lowest BCUT2D eigenvalue weighted by Crippen LogP contribution is -2.49. The van der Waals surface area contributed by atoms with Crippen LogP contribution in [0.25, 0.3) is 10.9 Å². The number of fused-ring (bicyclic) bond motifs is 1. The van der Waals surface area contributed by atoms with Gasteiger partial charge in [-0.25, -0.2) is 9.97 Å². The molecule has 1 saturated heterocycles. The zero-order valence-corrected chi connectivity index (χ0v) is 15.9. The normalized spacial score (nSPS) is 16.8. The molecular formula is C20H22N4OS. The molecule has 3 heterocycles. The van der Waals surface area contributed by atoms with Gasteiger partial charge in [-0.1, -0.05) is 18.2 Å². The van der Waals surface area contributed by atoms with Crippen molar-refractivity contribution < 1.29 is 4.79 Å². The van der Waals surface area contributed by atoms with Crippen LogP contribution in [0.5, 0.6) is 0 Å². The molecule has 26 heavy (non-hydrogen) atoms. The Labute approximate surface area is 157 Å². The smallest absolute Gasteiger partial charge is 0.272 e. The average molecular weight is 366 g/mol. The highest BCUT2D eigenvalue weighted by Gasteiger charge is 2.27. The molecule has 1 aliphatic heterocycles. The van der Waals surface area contributed by atoms with Crippen LogP contribution >= 0.6 is 11.3 Å². The van der Waals surface area contributed by atoms with E-state index in [2.05, 4.69) is 21.8 Å². The zero-order valence-electron chi connectivity index (χ0n) is 15.1. The summed E-state index contributed by atoms with van der Waals surface area (Å²) in [6.07, 6.45) is 1.85. The van der Waals surface area contributed by atoms with E-state index in [1.54, 1.807) is 11.3 Å².